The molecule has 404 valence electrons. The zero-order valence-corrected chi connectivity index (χ0v) is 46.4. The largest absolute Gasteiger partial charge is 0.462 e. The zero-order valence-electron chi connectivity index (χ0n) is 46.4. The van der Waals surface area contributed by atoms with Gasteiger partial charge >= 0.3 is 11.9 Å². The monoisotopic (exact) mass is 959 g/mol. The number of allylic oxidation sites excluding steroid dienone is 2. The summed E-state index contributed by atoms with van der Waals surface area (Å²) in [7, 11) is 0. The minimum atomic E-state index is -0.771. The number of hydrogen-bond acceptors (Lipinski definition) is 5. The van der Waals surface area contributed by atoms with E-state index in [4.69, 9.17) is 9.47 Å². The van der Waals surface area contributed by atoms with Crippen molar-refractivity contribution >= 4 is 11.9 Å². The van der Waals surface area contributed by atoms with E-state index in [0.29, 0.717) is 12.8 Å². The third kappa shape index (κ3) is 57.2. The summed E-state index contributed by atoms with van der Waals surface area (Å²) >= 11 is 0. The van der Waals surface area contributed by atoms with Crippen molar-refractivity contribution in [1.29, 1.82) is 0 Å². The van der Waals surface area contributed by atoms with Crippen molar-refractivity contribution in [2.75, 3.05) is 13.2 Å². The molecule has 5 nitrogen and oxygen atoms in total. The van der Waals surface area contributed by atoms with Crippen molar-refractivity contribution in [3.8, 4) is 0 Å². The fourth-order valence-electron chi connectivity index (χ4n) is 9.85. The van der Waals surface area contributed by atoms with Gasteiger partial charge in [0.25, 0.3) is 0 Å². The number of carbonyl (C=O) groups is 2. The molecule has 1 atom stereocenters. The lowest BCUT2D eigenvalue weighted by Crippen LogP contribution is -2.28. The van der Waals surface area contributed by atoms with Gasteiger partial charge < -0.3 is 14.6 Å². The second-order valence-corrected chi connectivity index (χ2v) is 21.5. The quantitative estimate of drug-likeness (QED) is 0.0374. The third-order valence-corrected chi connectivity index (χ3v) is 14.6. The Morgan fingerprint density at radius 1 is 0.324 bits per heavy atom. The molecule has 0 saturated carbocycles. The minimum absolute atomic E-state index is 0.0624. The predicted octanol–water partition coefficient (Wildman–Crippen LogP) is 21.1. The van der Waals surface area contributed by atoms with E-state index in [-0.39, 0.29) is 25.2 Å². The second-order valence-electron chi connectivity index (χ2n) is 21.5. The summed E-state index contributed by atoms with van der Waals surface area (Å²) in [4.78, 5) is 24.4. The average Bonchev–Trinajstić information content (AvgIpc) is 3.34. The molecular formula is C63H122O5. The molecule has 0 aromatic rings. The molecule has 1 N–H and O–H groups in total. The molecule has 0 aromatic heterocycles. The van der Waals surface area contributed by atoms with E-state index in [2.05, 4.69) is 26.0 Å². The number of aliphatic hydroxyl groups excluding tert-OH is 1. The molecule has 0 saturated heterocycles. The highest BCUT2D eigenvalue weighted by atomic mass is 16.6. The van der Waals surface area contributed by atoms with Crippen LogP contribution in [0.4, 0.5) is 0 Å². The van der Waals surface area contributed by atoms with Crippen LogP contribution in [0.25, 0.3) is 0 Å². The standard InChI is InChI=1S/C63H122O5/c1-3-5-7-9-11-13-15-17-19-20-21-22-23-24-25-26-27-28-29-30-31-32-33-34-35-36-37-38-39-40-41-42-43-44-46-47-49-51-53-55-57-62(65)67-60-61(59-64)68-63(66)58-56-54-52-50-48-45-18-16-14-12-10-8-6-4-2/h16,18,61,64H,3-15,17,19-60H2,1-2H3/b18-16-. The summed E-state index contributed by atoms with van der Waals surface area (Å²) in [5, 5.41) is 9.62. The maximum absolute atomic E-state index is 12.2. The maximum atomic E-state index is 12.2. The molecule has 0 radical (unpaired) electrons. The van der Waals surface area contributed by atoms with Gasteiger partial charge in [0.05, 0.1) is 6.61 Å². The van der Waals surface area contributed by atoms with Crippen molar-refractivity contribution < 1.29 is 24.2 Å². The van der Waals surface area contributed by atoms with Gasteiger partial charge in [0.2, 0.25) is 0 Å². The highest BCUT2D eigenvalue weighted by molar-refractivity contribution is 5.70. The molecule has 0 aromatic carbocycles. The first kappa shape index (κ1) is 66.6. The summed E-state index contributed by atoms with van der Waals surface area (Å²) in [5.74, 6) is -0.581. The van der Waals surface area contributed by atoms with E-state index in [1.54, 1.807) is 0 Å². The zero-order chi connectivity index (χ0) is 49.2. The van der Waals surface area contributed by atoms with E-state index < -0.39 is 6.10 Å². The summed E-state index contributed by atoms with van der Waals surface area (Å²) in [5.41, 5.74) is 0. The van der Waals surface area contributed by atoms with Crippen LogP contribution in [0.2, 0.25) is 0 Å². The summed E-state index contributed by atoms with van der Waals surface area (Å²) < 4.78 is 10.7. The lowest BCUT2D eigenvalue weighted by molar-refractivity contribution is -0.161. The average molecular weight is 960 g/mol. The van der Waals surface area contributed by atoms with Gasteiger partial charge in [0.1, 0.15) is 6.61 Å². The molecule has 0 amide bonds. The van der Waals surface area contributed by atoms with Gasteiger partial charge in [-0.1, -0.05) is 321 Å². The van der Waals surface area contributed by atoms with Crippen LogP contribution in [0.3, 0.4) is 0 Å². The number of esters is 2. The van der Waals surface area contributed by atoms with Crippen molar-refractivity contribution in [3.63, 3.8) is 0 Å². The van der Waals surface area contributed by atoms with E-state index in [0.717, 1.165) is 38.5 Å². The Labute approximate surface area is 426 Å². The predicted molar refractivity (Wildman–Crippen MR) is 298 cm³/mol. The molecule has 0 fully saturated rings. The molecule has 0 aliphatic carbocycles. The second kappa shape index (κ2) is 59.9. The van der Waals surface area contributed by atoms with Gasteiger partial charge in [-0.2, -0.15) is 0 Å². The Morgan fingerprint density at radius 3 is 0.794 bits per heavy atom. The highest BCUT2D eigenvalue weighted by Crippen LogP contribution is 2.19. The molecule has 0 heterocycles. The van der Waals surface area contributed by atoms with Crippen LogP contribution in [0.5, 0.6) is 0 Å². The maximum Gasteiger partial charge on any atom is 0.306 e. The summed E-state index contributed by atoms with van der Waals surface area (Å²) in [6, 6.07) is 0. The lowest BCUT2D eigenvalue weighted by Gasteiger charge is -2.15. The van der Waals surface area contributed by atoms with Crippen molar-refractivity contribution in [2.24, 2.45) is 0 Å². The van der Waals surface area contributed by atoms with Crippen molar-refractivity contribution in [1.82, 2.24) is 0 Å². The van der Waals surface area contributed by atoms with Crippen LogP contribution in [0, 0.1) is 0 Å². The molecule has 68 heavy (non-hydrogen) atoms. The van der Waals surface area contributed by atoms with Gasteiger partial charge in [-0.05, 0) is 38.5 Å². The fourth-order valence-corrected chi connectivity index (χ4v) is 9.85. The van der Waals surface area contributed by atoms with Crippen LogP contribution in [-0.4, -0.2) is 36.4 Å². The summed E-state index contributed by atoms with van der Waals surface area (Å²) in [6.07, 6.45) is 75.3. The van der Waals surface area contributed by atoms with Crippen LogP contribution in [0.1, 0.15) is 361 Å². The van der Waals surface area contributed by atoms with Gasteiger partial charge in [-0.15, -0.1) is 0 Å². The number of carbonyl (C=O) groups excluding carboxylic acids is 2. The Morgan fingerprint density at radius 2 is 0.544 bits per heavy atom. The van der Waals surface area contributed by atoms with Gasteiger partial charge in [0, 0.05) is 12.8 Å². The molecule has 0 rings (SSSR count). The Kier molecular flexibility index (Phi) is 58.7. The van der Waals surface area contributed by atoms with Crippen LogP contribution < -0.4 is 0 Å². The Hall–Kier alpha value is -1.36. The minimum Gasteiger partial charge on any atom is -0.462 e. The first-order valence-corrected chi connectivity index (χ1v) is 31.2. The molecule has 1 unspecified atom stereocenters. The van der Waals surface area contributed by atoms with Crippen LogP contribution in [0.15, 0.2) is 12.2 Å². The SMILES string of the molecule is CCCCCCC/C=C\CCCCCCCC(=O)OC(CO)COC(=O)CCCCCCCCCCCCCCCCCCCCCCCCCCCCCCCCCCCCCCCCCC. The lowest BCUT2D eigenvalue weighted by atomic mass is 10.0. The van der Waals surface area contributed by atoms with Crippen molar-refractivity contribution in [3.05, 3.63) is 12.2 Å². The number of unbranched alkanes of at least 4 members (excludes halogenated alkanes) is 49. The van der Waals surface area contributed by atoms with E-state index in [9.17, 15) is 14.7 Å². The molecule has 0 aliphatic rings. The highest BCUT2D eigenvalue weighted by Gasteiger charge is 2.16. The number of ether oxygens (including phenoxy) is 2. The van der Waals surface area contributed by atoms with Gasteiger partial charge in [-0.25, -0.2) is 0 Å². The van der Waals surface area contributed by atoms with E-state index in [1.807, 2.05) is 0 Å². The van der Waals surface area contributed by atoms with Crippen LogP contribution >= 0.6 is 0 Å². The topological polar surface area (TPSA) is 72.8 Å². The first-order valence-electron chi connectivity index (χ1n) is 31.2. The Balaban J connectivity index is 3.31. The molecule has 0 aliphatic heterocycles. The molecular weight excluding hydrogens is 837 g/mol. The Bertz CT molecular complexity index is 994. The van der Waals surface area contributed by atoms with E-state index in [1.165, 1.54) is 295 Å². The molecule has 0 spiro atoms. The molecule has 0 bridgehead atoms. The van der Waals surface area contributed by atoms with Crippen molar-refractivity contribution in [2.45, 2.75) is 367 Å². The van der Waals surface area contributed by atoms with Crippen LogP contribution in [-0.2, 0) is 19.1 Å². The van der Waals surface area contributed by atoms with E-state index >= 15 is 0 Å². The number of aliphatic hydroxyl groups is 1. The van der Waals surface area contributed by atoms with Gasteiger partial charge in [0.15, 0.2) is 6.10 Å². The fraction of sp³-hybridized carbons (Fsp3) is 0.937. The first-order chi connectivity index (χ1) is 33.6. The molecule has 5 heteroatoms. The number of hydrogen-bond donors (Lipinski definition) is 1. The third-order valence-electron chi connectivity index (χ3n) is 14.6. The number of rotatable bonds is 59. The van der Waals surface area contributed by atoms with Gasteiger partial charge in [-0.3, -0.25) is 9.59 Å². The normalized spacial score (nSPS) is 12.1. The smallest absolute Gasteiger partial charge is 0.306 e. The summed E-state index contributed by atoms with van der Waals surface area (Å²) in [6.45, 7) is 4.17.